The number of nitrogens with zero attached hydrogens (tertiary/aromatic N) is 1. The van der Waals surface area contributed by atoms with Gasteiger partial charge >= 0.3 is 0 Å². The molecule has 1 aliphatic heterocycles. The van der Waals surface area contributed by atoms with E-state index in [-0.39, 0.29) is 18.5 Å². The van der Waals surface area contributed by atoms with E-state index >= 15 is 0 Å². The van der Waals surface area contributed by atoms with Gasteiger partial charge in [-0.15, -0.1) is 0 Å². The Morgan fingerprint density at radius 1 is 1.16 bits per heavy atom. The monoisotopic (exact) mass is 452 g/mol. The Morgan fingerprint density at radius 3 is 2.77 bits per heavy atom. The maximum atomic E-state index is 13.7. The molecule has 1 fully saturated rings. The minimum atomic E-state index is -0.612. The van der Waals surface area contributed by atoms with Crippen molar-refractivity contribution in [2.24, 2.45) is 0 Å². The first-order chi connectivity index (χ1) is 15.0. The van der Waals surface area contributed by atoms with Gasteiger partial charge in [0.05, 0.1) is 20.8 Å². The third kappa shape index (κ3) is 6.41. The van der Waals surface area contributed by atoms with Crippen LogP contribution in [0.1, 0.15) is 5.56 Å². The molecule has 168 valence electrons. The predicted molar refractivity (Wildman–Crippen MR) is 117 cm³/mol. The van der Waals surface area contributed by atoms with Crippen molar-refractivity contribution >= 4 is 17.3 Å². The van der Waals surface area contributed by atoms with E-state index in [0.29, 0.717) is 37.8 Å². The maximum absolute atomic E-state index is 13.7. The lowest BCUT2D eigenvalue weighted by atomic mass is 10.1. The Morgan fingerprint density at radius 2 is 2.00 bits per heavy atom. The van der Waals surface area contributed by atoms with Crippen LogP contribution in [0.15, 0.2) is 36.4 Å². The van der Waals surface area contributed by atoms with E-state index < -0.39 is 11.6 Å². The van der Waals surface area contributed by atoms with Crippen molar-refractivity contribution in [3.8, 4) is 17.2 Å². The molecule has 0 aliphatic carbocycles. The molecule has 3 rings (SSSR count). The molecule has 31 heavy (non-hydrogen) atoms. The summed E-state index contributed by atoms with van der Waals surface area (Å²) < 4.78 is 48.8. The number of morpholine rings is 1. The van der Waals surface area contributed by atoms with Gasteiger partial charge in [-0.05, 0) is 54.5 Å². The molecule has 0 amide bonds. The minimum absolute atomic E-state index is 0.0977. The zero-order chi connectivity index (χ0) is 22.2. The first kappa shape index (κ1) is 23.0. The molecule has 2 aromatic carbocycles. The molecule has 1 N–H and O–H groups in total. The van der Waals surface area contributed by atoms with Crippen LogP contribution >= 0.6 is 12.2 Å². The van der Waals surface area contributed by atoms with Crippen molar-refractivity contribution in [3.63, 3.8) is 0 Å². The molecule has 1 heterocycles. The normalized spacial score (nSPS) is 16.0. The fourth-order valence-electron chi connectivity index (χ4n) is 3.27. The molecule has 0 radical (unpaired) electrons. The summed E-state index contributed by atoms with van der Waals surface area (Å²) in [4.78, 5) is 1.98. The number of nitrogens with one attached hydrogen (secondary N) is 1. The van der Waals surface area contributed by atoms with Crippen LogP contribution in [-0.2, 0) is 11.2 Å². The number of thiocarbonyl (C=S) groups is 1. The largest absolute Gasteiger partial charge is 0.497 e. The average molecular weight is 453 g/mol. The zero-order valence-corrected chi connectivity index (χ0v) is 18.3. The first-order valence-corrected chi connectivity index (χ1v) is 10.3. The SMILES string of the molecule is COc1ccc(OC)c(CCNC(=S)N2CCOC(COc3cc(F)ccc3F)C2)c1. The number of halogens is 2. The number of hydrogen-bond donors (Lipinski definition) is 1. The van der Waals surface area contributed by atoms with Crippen LogP contribution in [0.5, 0.6) is 17.2 Å². The highest BCUT2D eigenvalue weighted by Gasteiger charge is 2.23. The van der Waals surface area contributed by atoms with Gasteiger partial charge in [0.25, 0.3) is 0 Å². The molecule has 1 atom stereocenters. The van der Waals surface area contributed by atoms with Crippen molar-refractivity contribution in [2.75, 3.05) is 47.1 Å². The zero-order valence-electron chi connectivity index (χ0n) is 17.5. The van der Waals surface area contributed by atoms with Crippen LogP contribution in [0, 0.1) is 11.6 Å². The lowest BCUT2D eigenvalue weighted by Crippen LogP contribution is -2.51. The fraction of sp³-hybridized carbons (Fsp3) is 0.409. The van der Waals surface area contributed by atoms with Crippen molar-refractivity contribution < 1.29 is 27.7 Å². The molecule has 9 heteroatoms. The summed E-state index contributed by atoms with van der Waals surface area (Å²) >= 11 is 5.52. The van der Waals surface area contributed by atoms with Gasteiger partial charge in [0.15, 0.2) is 16.7 Å². The van der Waals surface area contributed by atoms with E-state index in [2.05, 4.69) is 5.32 Å². The minimum Gasteiger partial charge on any atom is -0.497 e. The molecular weight excluding hydrogens is 426 g/mol. The third-order valence-electron chi connectivity index (χ3n) is 4.90. The Hall–Kier alpha value is -2.65. The fourth-order valence-corrected chi connectivity index (χ4v) is 3.54. The van der Waals surface area contributed by atoms with Crippen LogP contribution in [0.3, 0.4) is 0 Å². The molecule has 0 saturated carbocycles. The highest BCUT2D eigenvalue weighted by molar-refractivity contribution is 7.80. The van der Waals surface area contributed by atoms with Gasteiger partial charge in [-0.3, -0.25) is 0 Å². The predicted octanol–water partition coefficient (Wildman–Crippen LogP) is 3.18. The van der Waals surface area contributed by atoms with E-state index in [1.807, 2.05) is 23.1 Å². The van der Waals surface area contributed by atoms with Gasteiger partial charge in [-0.25, -0.2) is 8.78 Å². The van der Waals surface area contributed by atoms with Gasteiger partial charge < -0.3 is 29.2 Å². The highest BCUT2D eigenvalue weighted by Crippen LogP contribution is 2.24. The second kappa shape index (κ2) is 11.1. The molecule has 2 aromatic rings. The van der Waals surface area contributed by atoms with Crippen molar-refractivity contribution in [1.82, 2.24) is 10.2 Å². The summed E-state index contributed by atoms with van der Waals surface area (Å²) in [6.45, 7) is 2.31. The van der Waals surface area contributed by atoms with Crippen molar-refractivity contribution in [1.29, 1.82) is 0 Å². The molecule has 1 aliphatic rings. The highest BCUT2D eigenvalue weighted by atomic mass is 32.1. The summed E-state index contributed by atoms with van der Waals surface area (Å²) in [6.07, 6.45) is 0.394. The van der Waals surface area contributed by atoms with Crippen molar-refractivity contribution in [3.05, 3.63) is 53.6 Å². The Kier molecular flexibility index (Phi) is 8.25. The summed E-state index contributed by atoms with van der Waals surface area (Å²) in [5.74, 6) is 0.263. The second-order valence-electron chi connectivity index (χ2n) is 6.98. The number of methoxy groups -OCH3 is 2. The third-order valence-corrected chi connectivity index (χ3v) is 5.30. The summed E-state index contributed by atoms with van der Waals surface area (Å²) in [7, 11) is 3.26. The molecule has 0 spiro atoms. The smallest absolute Gasteiger partial charge is 0.169 e. The molecule has 0 bridgehead atoms. The number of benzene rings is 2. The maximum Gasteiger partial charge on any atom is 0.169 e. The van der Waals surface area contributed by atoms with Gasteiger partial charge in [0.2, 0.25) is 0 Å². The van der Waals surface area contributed by atoms with Gasteiger partial charge in [-0.1, -0.05) is 0 Å². The van der Waals surface area contributed by atoms with Crippen LogP contribution in [0.4, 0.5) is 8.78 Å². The van der Waals surface area contributed by atoms with E-state index in [9.17, 15) is 8.78 Å². The Labute approximate surface area is 186 Å². The molecular formula is C22H26F2N2O4S. The van der Waals surface area contributed by atoms with E-state index in [0.717, 1.165) is 35.3 Å². The van der Waals surface area contributed by atoms with Crippen LogP contribution in [0.2, 0.25) is 0 Å². The standard InChI is InChI=1S/C22H26F2N2O4S/c1-27-17-4-6-20(28-2)15(11-17)7-8-25-22(31)26-9-10-29-18(13-26)14-30-21-12-16(23)3-5-19(21)24/h3-6,11-12,18H,7-10,13-14H2,1-2H3,(H,25,31). The summed E-state index contributed by atoms with van der Waals surface area (Å²) in [5, 5.41) is 3.86. The lowest BCUT2D eigenvalue weighted by Gasteiger charge is -2.34. The summed E-state index contributed by atoms with van der Waals surface area (Å²) in [6, 6.07) is 8.78. The number of ether oxygens (including phenoxy) is 4. The number of hydrogen-bond acceptors (Lipinski definition) is 5. The lowest BCUT2D eigenvalue weighted by molar-refractivity contribution is -0.0293. The quantitative estimate of drug-likeness (QED) is 0.618. The average Bonchev–Trinajstić information content (AvgIpc) is 2.79. The number of rotatable bonds is 8. The Balaban J connectivity index is 1.48. The van der Waals surface area contributed by atoms with Gasteiger partial charge in [0, 0.05) is 25.7 Å². The van der Waals surface area contributed by atoms with Crippen LogP contribution in [0.25, 0.3) is 0 Å². The van der Waals surface area contributed by atoms with Crippen LogP contribution in [-0.4, -0.2) is 63.2 Å². The van der Waals surface area contributed by atoms with Gasteiger partial charge in [0.1, 0.15) is 30.0 Å². The van der Waals surface area contributed by atoms with E-state index in [4.69, 9.17) is 31.2 Å². The van der Waals surface area contributed by atoms with Crippen molar-refractivity contribution in [2.45, 2.75) is 12.5 Å². The molecule has 1 unspecified atom stereocenters. The molecule has 1 saturated heterocycles. The van der Waals surface area contributed by atoms with E-state index in [1.54, 1.807) is 14.2 Å². The summed E-state index contributed by atoms with van der Waals surface area (Å²) in [5.41, 5.74) is 1.02. The van der Waals surface area contributed by atoms with Crippen LogP contribution < -0.4 is 19.5 Å². The first-order valence-electron chi connectivity index (χ1n) is 9.93. The second-order valence-corrected chi connectivity index (χ2v) is 7.37. The Bertz CT molecular complexity index is 900. The van der Waals surface area contributed by atoms with Gasteiger partial charge in [-0.2, -0.15) is 0 Å². The molecule has 0 aromatic heterocycles. The molecule has 6 nitrogen and oxygen atoms in total. The topological polar surface area (TPSA) is 52.2 Å². The van der Waals surface area contributed by atoms with E-state index in [1.165, 1.54) is 0 Å².